The summed E-state index contributed by atoms with van der Waals surface area (Å²) < 4.78 is 16.3. The van der Waals surface area contributed by atoms with Crippen molar-refractivity contribution in [3.05, 3.63) is 53.6 Å². The lowest BCUT2D eigenvalue weighted by atomic mass is 10.1. The maximum absolute atomic E-state index is 12.3. The number of hydrogen-bond acceptors (Lipinski definition) is 4. The number of ether oxygens (including phenoxy) is 3. The van der Waals surface area contributed by atoms with Crippen LogP contribution in [0.4, 0.5) is 0 Å². The lowest BCUT2D eigenvalue weighted by Gasteiger charge is -2.14. The number of carbonyl (C=O) groups excluding carboxylic acids is 1. The molecule has 0 saturated heterocycles. The van der Waals surface area contributed by atoms with Gasteiger partial charge >= 0.3 is 0 Å². The van der Waals surface area contributed by atoms with E-state index >= 15 is 0 Å². The highest BCUT2D eigenvalue weighted by atomic mass is 16.5. The van der Waals surface area contributed by atoms with Crippen molar-refractivity contribution < 1.29 is 19.0 Å². The van der Waals surface area contributed by atoms with Gasteiger partial charge in [0.2, 0.25) is 0 Å². The highest BCUT2D eigenvalue weighted by Crippen LogP contribution is 2.23. The van der Waals surface area contributed by atoms with Crippen molar-refractivity contribution in [2.24, 2.45) is 0 Å². The molecular weight excluding hydrogens is 318 g/mol. The van der Waals surface area contributed by atoms with Gasteiger partial charge in [-0.25, -0.2) is 0 Å². The van der Waals surface area contributed by atoms with E-state index in [1.807, 2.05) is 38.1 Å². The first-order valence-corrected chi connectivity index (χ1v) is 8.32. The third kappa shape index (κ3) is 5.14. The van der Waals surface area contributed by atoms with Crippen molar-refractivity contribution in [1.29, 1.82) is 0 Å². The molecule has 1 N–H and O–H groups in total. The molecule has 0 bridgehead atoms. The van der Waals surface area contributed by atoms with Gasteiger partial charge in [0.25, 0.3) is 5.91 Å². The van der Waals surface area contributed by atoms with E-state index in [1.165, 1.54) is 0 Å². The van der Waals surface area contributed by atoms with Crippen LogP contribution in [0.2, 0.25) is 0 Å². The van der Waals surface area contributed by atoms with Crippen LogP contribution >= 0.6 is 0 Å². The Morgan fingerprint density at radius 1 is 1.04 bits per heavy atom. The molecule has 0 aliphatic heterocycles. The van der Waals surface area contributed by atoms with Gasteiger partial charge in [-0.3, -0.25) is 4.79 Å². The van der Waals surface area contributed by atoms with E-state index in [1.54, 1.807) is 32.4 Å². The maximum atomic E-state index is 12.3. The number of amides is 1. The van der Waals surface area contributed by atoms with E-state index in [4.69, 9.17) is 14.2 Å². The second kappa shape index (κ2) is 8.97. The molecule has 5 heteroatoms. The highest BCUT2D eigenvalue weighted by molar-refractivity contribution is 5.94. The van der Waals surface area contributed by atoms with Crippen molar-refractivity contribution in [2.75, 3.05) is 14.2 Å². The summed E-state index contributed by atoms with van der Waals surface area (Å²) in [6, 6.07) is 12.8. The Labute approximate surface area is 148 Å². The molecule has 5 nitrogen and oxygen atoms in total. The predicted molar refractivity (Wildman–Crippen MR) is 97.5 cm³/mol. The fraction of sp³-hybridized carbons (Fsp3) is 0.350. The predicted octanol–water partition coefficient (Wildman–Crippen LogP) is 3.81. The molecule has 1 amide bonds. The molecule has 0 radical (unpaired) electrons. The average Bonchev–Trinajstić information content (AvgIpc) is 2.66. The Morgan fingerprint density at radius 3 is 2.32 bits per heavy atom. The highest BCUT2D eigenvalue weighted by Gasteiger charge is 2.12. The minimum Gasteiger partial charge on any atom is -0.497 e. The van der Waals surface area contributed by atoms with Crippen LogP contribution in [0.15, 0.2) is 42.5 Å². The summed E-state index contributed by atoms with van der Waals surface area (Å²) in [7, 11) is 3.22. The summed E-state index contributed by atoms with van der Waals surface area (Å²) in [6.07, 6.45) is 0.884. The molecular formula is C20H25NO4. The van der Waals surface area contributed by atoms with Crippen molar-refractivity contribution in [3.63, 3.8) is 0 Å². The summed E-state index contributed by atoms with van der Waals surface area (Å²) in [5, 5.41) is 2.96. The van der Waals surface area contributed by atoms with Gasteiger partial charge in [0.05, 0.1) is 14.2 Å². The Morgan fingerprint density at radius 2 is 1.72 bits per heavy atom. The Kier molecular flexibility index (Phi) is 6.69. The molecule has 2 rings (SSSR count). The number of benzene rings is 2. The maximum Gasteiger partial charge on any atom is 0.251 e. The topological polar surface area (TPSA) is 56.8 Å². The first kappa shape index (κ1) is 18.6. The van der Waals surface area contributed by atoms with Gasteiger partial charge in [0.1, 0.15) is 23.9 Å². The van der Waals surface area contributed by atoms with Crippen LogP contribution < -0.4 is 19.5 Å². The normalized spacial score (nSPS) is 11.5. The SMILES string of the molecule is CCC(C)NC(=O)c1ccc(OC)c(COc2ccc(OC)cc2)c1. The quantitative estimate of drug-likeness (QED) is 0.792. The summed E-state index contributed by atoms with van der Waals surface area (Å²) in [5.74, 6) is 2.09. The van der Waals surface area contributed by atoms with E-state index < -0.39 is 0 Å². The zero-order valence-electron chi connectivity index (χ0n) is 15.2. The van der Waals surface area contributed by atoms with Gasteiger partial charge in [0.15, 0.2) is 0 Å². The van der Waals surface area contributed by atoms with Crippen LogP contribution in [0.25, 0.3) is 0 Å². The van der Waals surface area contributed by atoms with Crippen LogP contribution in [0.3, 0.4) is 0 Å². The van der Waals surface area contributed by atoms with Crippen molar-refractivity contribution in [2.45, 2.75) is 32.9 Å². The summed E-state index contributed by atoms with van der Waals surface area (Å²) in [5.41, 5.74) is 1.41. The van der Waals surface area contributed by atoms with Gasteiger partial charge in [-0.05, 0) is 55.8 Å². The van der Waals surface area contributed by atoms with Gasteiger partial charge in [-0.2, -0.15) is 0 Å². The summed E-state index contributed by atoms with van der Waals surface area (Å²) in [6.45, 7) is 4.32. The van der Waals surface area contributed by atoms with E-state index in [-0.39, 0.29) is 11.9 Å². The standard InChI is InChI=1S/C20H25NO4/c1-5-14(2)21-20(22)15-6-11-19(24-4)16(12-15)13-25-18-9-7-17(23-3)8-10-18/h6-12,14H,5,13H2,1-4H3,(H,21,22). The molecule has 2 aromatic rings. The van der Waals surface area contributed by atoms with Crippen molar-refractivity contribution in [3.8, 4) is 17.2 Å². The Hall–Kier alpha value is -2.69. The first-order valence-electron chi connectivity index (χ1n) is 8.32. The van der Waals surface area contributed by atoms with Gasteiger partial charge in [-0.1, -0.05) is 6.92 Å². The summed E-state index contributed by atoms with van der Waals surface area (Å²) in [4.78, 5) is 12.3. The molecule has 0 fully saturated rings. The second-order valence-electron chi connectivity index (χ2n) is 5.77. The van der Waals surface area contributed by atoms with Crippen molar-refractivity contribution >= 4 is 5.91 Å². The number of rotatable bonds is 8. The van der Waals surface area contributed by atoms with E-state index in [0.717, 1.165) is 23.5 Å². The third-order valence-corrected chi connectivity index (χ3v) is 3.99. The lowest BCUT2D eigenvalue weighted by molar-refractivity contribution is 0.0939. The zero-order valence-corrected chi connectivity index (χ0v) is 15.2. The molecule has 0 aliphatic rings. The monoisotopic (exact) mass is 343 g/mol. The minimum absolute atomic E-state index is 0.0947. The average molecular weight is 343 g/mol. The van der Waals surface area contributed by atoms with Crippen molar-refractivity contribution in [1.82, 2.24) is 5.32 Å². The fourth-order valence-electron chi connectivity index (χ4n) is 2.27. The molecule has 0 aromatic heterocycles. The molecule has 0 saturated carbocycles. The number of carbonyl (C=O) groups is 1. The molecule has 25 heavy (non-hydrogen) atoms. The van der Waals surface area contributed by atoms with Crippen LogP contribution in [-0.2, 0) is 6.61 Å². The molecule has 1 unspecified atom stereocenters. The molecule has 0 heterocycles. The number of methoxy groups -OCH3 is 2. The smallest absolute Gasteiger partial charge is 0.251 e. The lowest BCUT2D eigenvalue weighted by Crippen LogP contribution is -2.31. The Balaban J connectivity index is 2.11. The molecule has 134 valence electrons. The van der Waals surface area contributed by atoms with Gasteiger partial charge < -0.3 is 19.5 Å². The third-order valence-electron chi connectivity index (χ3n) is 3.99. The van der Waals surface area contributed by atoms with Crippen LogP contribution in [0.5, 0.6) is 17.2 Å². The van der Waals surface area contributed by atoms with Crippen LogP contribution in [0.1, 0.15) is 36.2 Å². The minimum atomic E-state index is -0.0947. The molecule has 2 aromatic carbocycles. The van der Waals surface area contributed by atoms with Crippen LogP contribution in [0, 0.1) is 0 Å². The number of hydrogen-bond donors (Lipinski definition) is 1. The van der Waals surface area contributed by atoms with E-state index in [9.17, 15) is 4.79 Å². The van der Waals surface area contributed by atoms with Gasteiger partial charge in [-0.15, -0.1) is 0 Å². The van der Waals surface area contributed by atoms with E-state index in [0.29, 0.717) is 17.9 Å². The summed E-state index contributed by atoms with van der Waals surface area (Å²) >= 11 is 0. The molecule has 1 atom stereocenters. The Bertz CT molecular complexity index is 697. The second-order valence-corrected chi connectivity index (χ2v) is 5.77. The first-order chi connectivity index (χ1) is 12.1. The van der Waals surface area contributed by atoms with E-state index in [2.05, 4.69) is 5.32 Å². The number of nitrogens with one attached hydrogen (secondary N) is 1. The molecule has 0 aliphatic carbocycles. The zero-order chi connectivity index (χ0) is 18.2. The van der Waals surface area contributed by atoms with Gasteiger partial charge in [0, 0.05) is 17.2 Å². The largest absolute Gasteiger partial charge is 0.497 e. The fourth-order valence-corrected chi connectivity index (χ4v) is 2.27. The van der Waals surface area contributed by atoms with Crippen LogP contribution in [-0.4, -0.2) is 26.2 Å². The molecule has 0 spiro atoms.